The molecule has 6 aromatic rings. The number of anilines is 2. The summed E-state index contributed by atoms with van der Waals surface area (Å²) in [6, 6.07) is 39.8. The molecule has 7 heterocycles. The molecule has 3 aromatic heterocycles. The molecule has 4 aliphatic heterocycles. The number of hydrogen-bond acceptors (Lipinski definition) is 10. The Morgan fingerprint density at radius 3 is 1.60 bits per heavy atom. The van der Waals surface area contributed by atoms with E-state index in [1.165, 1.54) is 43.4 Å². The summed E-state index contributed by atoms with van der Waals surface area (Å²) in [7, 11) is 0. The number of fused-ring (bicyclic) bond motifs is 2. The van der Waals surface area contributed by atoms with Gasteiger partial charge in [0, 0.05) is 76.0 Å². The van der Waals surface area contributed by atoms with Crippen molar-refractivity contribution in [2.45, 2.75) is 70.4 Å². The van der Waals surface area contributed by atoms with E-state index in [9.17, 15) is 0 Å². The van der Waals surface area contributed by atoms with E-state index >= 15 is 0 Å². The molecule has 0 bridgehead atoms. The smallest absolute Gasteiger partial charge is 0.161 e. The van der Waals surface area contributed by atoms with E-state index in [-0.39, 0.29) is 0 Å². The van der Waals surface area contributed by atoms with E-state index in [0.29, 0.717) is 35.8 Å². The maximum absolute atomic E-state index is 4.98. The van der Waals surface area contributed by atoms with Gasteiger partial charge in [0.05, 0.1) is 16.7 Å². The second-order valence-corrected chi connectivity index (χ2v) is 18.5. The van der Waals surface area contributed by atoms with Crippen LogP contribution in [0.5, 0.6) is 0 Å². The molecule has 0 saturated carbocycles. The number of piperidine rings is 2. The lowest BCUT2D eigenvalue weighted by molar-refractivity contribution is 0.0985. The molecule has 63 heavy (non-hydrogen) atoms. The van der Waals surface area contributed by atoms with Crippen molar-refractivity contribution in [3.8, 4) is 0 Å². The summed E-state index contributed by atoms with van der Waals surface area (Å²) in [6.07, 6.45) is 7.05. The van der Waals surface area contributed by atoms with Crippen LogP contribution in [0.3, 0.4) is 0 Å². The first-order valence-corrected chi connectivity index (χ1v) is 23.9. The molecule has 0 aliphatic carbocycles. The minimum atomic E-state index is 0.523. The Labute approximate surface area is 375 Å². The van der Waals surface area contributed by atoms with Gasteiger partial charge in [0.15, 0.2) is 11.5 Å². The van der Waals surface area contributed by atoms with Gasteiger partial charge in [-0.1, -0.05) is 86.6 Å². The maximum atomic E-state index is 4.98. The van der Waals surface area contributed by atoms with Crippen LogP contribution in [-0.4, -0.2) is 120 Å². The van der Waals surface area contributed by atoms with Gasteiger partial charge >= 0.3 is 0 Å². The van der Waals surface area contributed by atoms with Gasteiger partial charge in [0.1, 0.15) is 5.82 Å². The molecule has 6 unspecified atom stereocenters. The summed E-state index contributed by atoms with van der Waals surface area (Å²) in [4.78, 5) is 29.4. The summed E-state index contributed by atoms with van der Waals surface area (Å²) >= 11 is 0. The van der Waals surface area contributed by atoms with Crippen molar-refractivity contribution in [2.24, 2.45) is 11.8 Å². The van der Waals surface area contributed by atoms with E-state index in [1.54, 1.807) is 0 Å². The van der Waals surface area contributed by atoms with Gasteiger partial charge in [-0.15, -0.1) is 0 Å². The first-order valence-electron chi connectivity index (χ1n) is 23.9. The van der Waals surface area contributed by atoms with Crippen molar-refractivity contribution in [3.05, 3.63) is 132 Å². The average Bonchev–Trinajstić information content (AvgIpc) is 3.35. The van der Waals surface area contributed by atoms with Crippen molar-refractivity contribution in [1.29, 1.82) is 0 Å². The molecule has 10 heteroatoms. The molecular formula is C53H68N10. The Balaban J connectivity index is 0.000000160. The van der Waals surface area contributed by atoms with Crippen molar-refractivity contribution in [3.63, 3.8) is 0 Å². The Bertz CT molecular complexity index is 2330. The largest absolute Gasteiger partial charge is 0.354 e. The highest BCUT2D eigenvalue weighted by Gasteiger charge is 2.37. The van der Waals surface area contributed by atoms with E-state index in [2.05, 4.69) is 141 Å². The zero-order chi connectivity index (χ0) is 43.0. The van der Waals surface area contributed by atoms with E-state index < -0.39 is 0 Å². The topological polar surface area (TPSA) is 88.6 Å². The van der Waals surface area contributed by atoms with Crippen molar-refractivity contribution >= 4 is 33.7 Å². The second kappa shape index (κ2) is 20.7. The van der Waals surface area contributed by atoms with Crippen LogP contribution in [0.2, 0.25) is 0 Å². The third-order valence-corrected chi connectivity index (χ3v) is 14.6. The predicted molar refractivity (Wildman–Crippen MR) is 260 cm³/mol. The quantitative estimate of drug-likeness (QED) is 0.141. The summed E-state index contributed by atoms with van der Waals surface area (Å²) in [5, 5.41) is 8.43. The van der Waals surface area contributed by atoms with Gasteiger partial charge in [-0.05, 0) is 130 Å². The molecule has 10 nitrogen and oxygen atoms in total. The van der Waals surface area contributed by atoms with Crippen LogP contribution in [0.15, 0.2) is 115 Å². The lowest BCUT2D eigenvalue weighted by Gasteiger charge is -2.46. The Morgan fingerprint density at radius 2 is 1.06 bits per heavy atom. The number of benzene rings is 3. The molecule has 330 valence electrons. The Hall–Kier alpha value is -5.00. The fourth-order valence-corrected chi connectivity index (χ4v) is 11.3. The number of hydrogen-bond donors (Lipinski definition) is 2. The highest BCUT2D eigenvalue weighted by molar-refractivity contribution is 5.77. The van der Waals surface area contributed by atoms with Crippen LogP contribution >= 0.6 is 0 Å². The van der Waals surface area contributed by atoms with Crippen LogP contribution in [0, 0.1) is 18.8 Å². The maximum Gasteiger partial charge on any atom is 0.161 e. The van der Waals surface area contributed by atoms with Crippen molar-refractivity contribution < 1.29 is 0 Å². The van der Waals surface area contributed by atoms with Crippen LogP contribution in [-0.2, 0) is 0 Å². The molecule has 4 saturated heterocycles. The average molecular weight is 845 g/mol. The molecule has 3 aromatic carbocycles. The molecular weight excluding hydrogens is 777 g/mol. The first-order chi connectivity index (χ1) is 31.0. The third kappa shape index (κ3) is 10.2. The van der Waals surface area contributed by atoms with Crippen LogP contribution in [0.25, 0.3) is 22.1 Å². The highest BCUT2D eigenvalue weighted by Crippen LogP contribution is 2.35. The Morgan fingerprint density at radius 1 is 0.540 bits per heavy atom. The minimum absolute atomic E-state index is 0.523. The number of rotatable bonds is 10. The predicted octanol–water partition coefficient (Wildman–Crippen LogP) is 8.16. The zero-order valence-electron chi connectivity index (χ0n) is 37.8. The number of para-hydroxylation sites is 2. The van der Waals surface area contributed by atoms with Gasteiger partial charge < -0.3 is 20.4 Å². The standard InChI is InChI=1S/C27H35N5.C26H33N5/c1-20(22-9-4-3-5-10-22)26(23-11-8-14-28-19-23)31-15-17-32(18-16-31)27-21(2)29-24-12-6-7-13-25(24)30-27;1-20(21-7-3-2-4-8-21)25(23-10-5-13-27-19-23)31-17-15-30(16-18-31)24-12-11-22-9-6-14-28-26(22)29-24/h3-7,9-10,12-13,20,23,26,28H,8,11,14-19H2,1-2H3;2-4,6-9,11-12,14,20,23,25,27H,5,10,13,15-19H2,1H3. The number of aromatic nitrogens is 4. The number of aryl methyl sites for hydroxylation is 1. The highest BCUT2D eigenvalue weighted by atomic mass is 15.3. The molecule has 6 atom stereocenters. The first kappa shape index (κ1) is 43.3. The summed E-state index contributed by atoms with van der Waals surface area (Å²) in [6.45, 7) is 19.9. The second-order valence-electron chi connectivity index (χ2n) is 18.5. The molecule has 0 amide bonds. The van der Waals surface area contributed by atoms with Gasteiger partial charge in [-0.2, -0.15) is 0 Å². The van der Waals surface area contributed by atoms with Gasteiger partial charge in [-0.3, -0.25) is 9.80 Å². The lowest BCUT2D eigenvalue weighted by Crippen LogP contribution is -2.56. The zero-order valence-corrected chi connectivity index (χ0v) is 37.8. The van der Waals surface area contributed by atoms with E-state index in [1.807, 2.05) is 30.5 Å². The number of pyridine rings is 2. The monoisotopic (exact) mass is 845 g/mol. The molecule has 0 radical (unpaired) electrons. The number of piperazine rings is 2. The van der Waals surface area contributed by atoms with Crippen molar-refractivity contribution in [1.82, 2.24) is 40.4 Å². The fraction of sp³-hybridized carbons (Fsp3) is 0.472. The SMILES string of the molecule is CC(c1ccccc1)C(C1CCCNC1)N1CCN(c2ccc3cccnc3n2)CC1.Cc1nc2ccccc2nc1N1CCN(C(C2CCCNC2)C(C)c2ccccc2)CC1. The normalized spacial score (nSPS) is 22.2. The molecule has 4 fully saturated rings. The van der Waals surface area contributed by atoms with E-state index in [0.717, 1.165) is 111 Å². The van der Waals surface area contributed by atoms with Crippen LogP contribution in [0.1, 0.15) is 68.2 Å². The number of nitrogens with zero attached hydrogens (tertiary/aromatic N) is 8. The molecule has 4 aliphatic rings. The molecule has 2 N–H and O–H groups in total. The van der Waals surface area contributed by atoms with Crippen LogP contribution in [0.4, 0.5) is 11.6 Å². The number of nitrogens with one attached hydrogen (secondary N) is 2. The van der Waals surface area contributed by atoms with Gasteiger partial charge in [0.2, 0.25) is 0 Å². The van der Waals surface area contributed by atoms with E-state index in [4.69, 9.17) is 15.0 Å². The van der Waals surface area contributed by atoms with Crippen molar-refractivity contribution in [2.75, 3.05) is 88.3 Å². The minimum Gasteiger partial charge on any atom is -0.354 e. The van der Waals surface area contributed by atoms with Gasteiger partial charge in [-0.25, -0.2) is 19.9 Å². The summed E-state index contributed by atoms with van der Waals surface area (Å²) in [5.41, 5.74) is 6.76. The van der Waals surface area contributed by atoms with Gasteiger partial charge in [0.25, 0.3) is 0 Å². The van der Waals surface area contributed by atoms with Crippen LogP contribution < -0.4 is 20.4 Å². The Kier molecular flexibility index (Phi) is 14.2. The third-order valence-electron chi connectivity index (χ3n) is 14.6. The molecule has 10 rings (SSSR count). The fourth-order valence-electron chi connectivity index (χ4n) is 11.3. The molecule has 0 spiro atoms. The lowest BCUT2D eigenvalue weighted by atomic mass is 9.80. The summed E-state index contributed by atoms with van der Waals surface area (Å²) in [5.74, 6) is 4.56. The summed E-state index contributed by atoms with van der Waals surface area (Å²) < 4.78 is 0.